The van der Waals surface area contributed by atoms with Gasteiger partial charge in [0.2, 0.25) is 0 Å². The Morgan fingerprint density at radius 2 is 1.46 bits per heavy atom. The van der Waals surface area contributed by atoms with Crippen LogP contribution in [0.4, 0.5) is 24.5 Å². The van der Waals surface area contributed by atoms with E-state index in [0.717, 1.165) is 0 Å². The highest BCUT2D eigenvalue weighted by atomic mass is 19.4. The summed E-state index contributed by atoms with van der Waals surface area (Å²) in [7, 11) is 0. The first-order valence-corrected chi connectivity index (χ1v) is 10.2. The van der Waals surface area contributed by atoms with Crippen LogP contribution in [0, 0.1) is 0 Å². The number of nitrogens with two attached hydrogens (primary N) is 2. The average molecular weight is 486 g/mol. The maximum absolute atomic E-state index is 12.2. The van der Waals surface area contributed by atoms with Crippen LogP contribution in [0.1, 0.15) is 21.5 Å². The van der Waals surface area contributed by atoms with Gasteiger partial charge in [-0.1, -0.05) is 12.1 Å². The molecule has 0 aliphatic carbocycles. The van der Waals surface area contributed by atoms with E-state index in [1.807, 2.05) is 0 Å². The van der Waals surface area contributed by atoms with E-state index in [2.05, 4.69) is 4.74 Å². The SMILES string of the molecule is Nc1cc(N)cc(COC(=O)/C=C/c2ccc(OC(=O)c3ccc(OCC(F)(F)F)cc3)cc2)c1. The molecule has 3 aromatic carbocycles. The molecule has 0 spiro atoms. The second-order valence-electron chi connectivity index (χ2n) is 7.34. The van der Waals surface area contributed by atoms with Crippen LogP contribution < -0.4 is 20.9 Å². The van der Waals surface area contributed by atoms with Crippen molar-refractivity contribution in [3.05, 3.63) is 89.5 Å². The van der Waals surface area contributed by atoms with Crippen molar-refractivity contribution in [3.8, 4) is 11.5 Å². The van der Waals surface area contributed by atoms with E-state index < -0.39 is 24.7 Å². The quantitative estimate of drug-likeness (QED) is 0.204. The van der Waals surface area contributed by atoms with Gasteiger partial charge in [-0.25, -0.2) is 9.59 Å². The van der Waals surface area contributed by atoms with Crippen molar-refractivity contribution in [2.24, 2.45) is 0 Å². The smallest absolute Gasteiger partial charge is 0.422 e. The lowest BCUT2D eigenvalue weighted by molar-refractivity contribution is -0.153. The number of carbonyl (C=O) groups excluding carboxylic acids is 2. The molecule has 3 aromatic rings. The highest BCUT2D eigenvalue weighted by Crippen LogP contribution is 2.20. The minimum atomic E-state index is -4.45. The third-order valence-corrected chi connectivity index (χ3v) is 4.41. The number of alkyl halides is 3. The molecule has 0 unspecified atom stereocenters. The molecule has 0 saturated heterocycles. The normalized spacial score (nSPS) is 11.3. The third-order valence-electron chi connectivity index (χ3n) is 4.41. The molecular formula is C25H21F3N2O5. The van der Waals surface area contributed by atoms with Gasteiger partial charge in [-0.2, -0.15) is 13.2 Å². The number of anilines is 2. The lowest BCUT2D eigenvalue weighted by Gasteiger charge is -2.09. The van der Waals surface area contributed by atoms with E-state index in [1.54, 1.807) is 30.3 Å². The molecule has 7 nitrogen and oxygen atoms in total. The Kier molecular flexibility index (Phi) is 7.98. The summed E-state index contributed by atoms with van der Waals surface area (Å²) in [5, 5.41) is 0. The predicted molar refractivity (Wildman–Crippen MR) is 123 cm³/mol. The first kappa shape index (κ1) is 25.2. The highest BCUT2D eigenvalue weighted by Gasteiger charge is 2.28. The number of hydrogen-bond acceptors (Lipinski definition) is 7. The number of rotatable bonds is 8. The molecular weight excluding hydrogens is 465 g/mol. The highest BCUT2D eigenvalue weighted by molar-refractivity contribution is 5.91. The summed E-state index contributed by atoms with van der Waals surface area (Å²) in [4.78, 5) is 24.2. The second kappa shape index (κ2) is 11.1. The molecule has 0 radical (unpaired) electrons. The van der Waals surface area contributed by atoms with Gasteiger partial charge in [0.15, 0.2) is 6.61 Å². The maximum Gasteiger partial charge on any atom is 0.422 e. The first-order valence-electron chi connectivity index (χ1n) is 10.2. The fourth-order valence-electron chi connectivity index (χ4n) is 2.86. The number of nitrogen functional groups attached to an aromatic ring is 2. The summed E-state index contributed by atoms with van der Waals surface area (Å²) < 4.78 is 51.6. The van der Waals surface area contributed by atoms with Crippen molar-refractivity contribution < 1.29 is 37.0 Å². The van der Waals surface area contributed by atoms with E-state index in [0.29, 0.717) is 22.5 Å². The van der Waals surface area contributed by atoms with E-state index in [-0.39, 0.29) is 23.7 Å². The van der Waals surface area contributed by atoms with Crippen molar-refractivity contribution in [3.63, 3.8) is 0 Å². The van der Waals surface area contributed by atoms with E-state index >= 15 is 0 Å². The Morgan fingerprint density at radius 3 is 2.06 bits per heavy atom. The van der Waals surface area contributed by atoms with Gasteiger partial charge in [-0.05, 0) is 71.8 Å². The standard InChI is InChI=1S/C25H21F3N2O5/c26-25(27,28)15-34-21-8-4-18(5-9-21)24(32)35-22-6-1-16(2-7-22)3-10-23(31)33-14-17-11-19(29)13-20(30)12-17/h1-13H,14-15,29-30H2/b10-3+. The lowest BCUT2D eigenvalue weighted by Crippen LogP contribution is -2.19. The molecule has 4 N–H and O–H groups in total. The molecule has 0 heterocycles. The lowest BCUT2D eigenvalue weighted by atomic mass is 10.2. The van der Waals surface area contributed by atoms with Crippen molar-refractivity contribution in [1.29, 1.82) is 0 Å². The number of esters is 2. The third kappa shape index (κ3) is 8.43. The fourth-order valence-corrected chi connectivity index (χ4v) is 2.86. The molecule has 182 valence electrons. The van der Waals surface area contributed by atoms with Gasteiger partial charge in [-0.3, -0.25) is 0 Å². The van der Waals surface area contributed by atoms with Crippen LogP contribution >= 0.6 is 0 Å². The van der Waals surface area contributed by atoms with Crippen molar-refractivity contribution >= 4 is 29.4 Å². The first-order chi connectivity index (χ1) is 16.6. The minimum Gasteiger partial charge on any atom is -0.484 e. The summed E-state index contributed by atoms with van der Waals surface area (Å²) in [5.74, 6) is -1.04. The van der Waals surface area contributed by atoms with Crippen molar-refractivity contribution in [2.45, 2.75) is 12.8 Å². The van der Waals surface area contributed by atoms with Crippen LogP contribution in [0.15, 0.2) is 72.8 Å². The Bertz CT molecular complexity index is 1190. The monoisotopic (exact) mass is 486 g/mol. The van der Waals surface area contributed by atoms with Crippen LogP contribution in [-0.4, -0.2) is 24.7 Å². The number of benzene rings is 3. The number of hydrogen-bond donors (Lipinski definition) is 2. The summed E-state index contributed by atoms with van der Waals surface area (Å²) in [6, 6.07) is 16.3. The van der Waals surface area contributed by atoms with E-state index in [9.17, 15) is 22.8 Å². The zero-order valence-electron chi connectivity index (χ0n) is 18.2. The van der Waals surface area contributed by atoms with E-state index in [4.69, 9.17) is 20.9 Å². The van der Waals surface area contributed by atoms with Crippen molar-refractivity contribution in [2.75, 3.05) is 18.1 Å². The van der Waals surface area contributed by atoms with Crippen molar-refractivity contribution in [1.82, 2.24) is 0 Å². The van der Waals surface area contributed by atoms with Crippen LogP contribution in [0.5, 0.6) is 11.5 Å². The van der Waals surface area contributed by atoms with Gasteiger partial charge in [0, 0.05) is 17.5 Å². The molecule has 10 heteroatoms. The summed E-state index contributed by atoms with van der Waals surface area (Å²) in [5.41, 5.74) is 13.8. The molecule has 0 aromatic heterocycles. The van der Waals surface area contributed by atoms with E-state index in [1.165, 1.54) is 48.6 Å². The van der Waals surface area contributed by atoms with Crippen LogP contribution in [0.25, 0.3) is 6.08 Å². The zero-order valence-corrected chi connectivity index (χ0v) is 18.2. The summed E-state index contributed by atoms with van der Waals surface area (Å²) in [6.45, 7) is -1.41. The number of carbonyl (C=O) groups is 2. The Hall–Kier alpha value is -4.47. The zero-order chi connectivity index (χ0) is 25.4. The Labute approximate surface area is 198 Å². The van der Waals surface area contributed by atoms with Gasteiger partial charge >= 0.3 is 18.1 Å². The fraction of sp³-hybridized carbons (Fsp3) is 0.120. The predicted octanol–water partition coefficient (Wildman–Crippen LogP) is 4.77. The summed E-state index contributed by atoms with van der Waals surface area (Å²) in [6.07, 6.45) is -1.67. The van der Waals surface area contributed by atoms with Gasteiger partial charge in [0.25, 0.3) is 0 Å². The van der Waals surface area contributed by atoms with Crippen LogP contribution in [0.2, 0.25) is 0 Å². The summed E-state index contributed by atoms with van der Waals surface area (Å²) >= 11 is 0. The molecule has 35 heavy (non-hydrogen) atoms. The number of ether oxygens (including phenoxy) is 3. The van der Waals surface area contributed by atoms with Gasteiger partial charge in [0.05, 0.1) is 5.56 Å². The van der Waals surface area contributed by atoms with Crippen LogP contribution in [0.3, 0.4) is 0 Å². The number of halogens is 3. The van der Waals surface area contributed by atoms with Gasteiger partial charge < -0.3 is 25.7 Å². The molecule has 0 bridgehead atoms. The molecule has 0 atom stereocenters. The largest absolute Gasteiger partial charge is 0.484 e. The second-order valence-corrected chi connectivity index (χ2v) is 7.34. The Balaban J connectivity index is 1.49. The molecule has 3 rings (SSSR count). The van der Waals surface area contributed by atoms with Gasteiger partial charge in [-0.15, -0.1) is 0 Å². The average Bonchev–Trinajstić information content (AvgIpc) is 2.80. The molecule has 0 amide bonds. The minimum absolute atomic E-state index is 0.0166. The Morgan fingerprint density at radius 1 is 0.857 bits per heavy atom. The van der Waals surface area contributed by atoms with Gasteiger partial charge in [0.1, 0.15) is 18.1 Å². The van der Waals surface area contributed by atoms with Crippen LogP contribution in [-0.2, 0) is 16.1 Å². The molecule has 0 aliphatic heterocycles. The topological polar surface area (TPSA) is 114 Å². The maximum atomic E-state index is 12.2. The molecule has 0 fully saturated rings. The molecule has 0 saturated carbocycles. The molecule has 0 aliphatic rings.